The fourth-order valence-corrected chi connectivity index (χ4v) is 4.22. The van der Waals surface area contributed by atoms with Crippen molar-refractivity contribution in [1.29, 1.82) is 0 Å². The Morgan fingerprint density at radius 2 is 1.63 bits per heavy atom. The molecule has 2 aliphatic rings. The molecular formula is C24H25FNO+. The average molecular weight is 362 g/mol. The number of nitrogens with one attached hydrogen (secondary N) is 1. The Hall–Kier alpha value is -2.52. The molecule has 3 heteroatoms. The standard InChI is InChI=1S/C24H24FNO/c25-20-11-9-18(10-12-20)24(27)14-13-22-21-8-4-3-7-19(21)17-23(22)26-15-5-1-2-6-16-26/h3-4,7-14H,1-2,5-6,15-17H2/p+1/b14-13+. The van der Waals surface area contributed by atoms with Crippen LogP contribution in [0.25, 0.3) is 5.57 Å². The van der Waals surface area contributed by atoms with Gasteiger partial charge < -0.3 is 4.90 Å². The molecule has 0 aromatic heterocycles. The van der Waals surface area contributed by atoms with Crippen LogP contribution in [0.2, 0.25) is 0 Å². The lowest BCUT2D eigenvalue weighted by Gasteiger charge is -2.18. The predicted octanol–water partition coefficient (Wildman–Crippen LogP) is 3.99. The van der Waals surface area contributed by atoms with Gasteiger partial charge in [-0.2, -0.15) is 0 Å². The molecule has 1 heterocycles. The van der Waals surface area contributed by atoms with Crippen LogP contribution in [0.3, 0.4) is 0 Å². The van der Waals surface area contributed by atoms with Crippen LogP contribution in [-0.2, 0) is 6.42 Å². The number of rotatable bonds is 4. The van der Waals surface area contributed by atoms with Crippen molar-refractivity contribution in [3.8, 4) is 0 Å². The molecule has 1 aliphatic carbocycles. The Labute approximate surface area is 160 Å². The first-order valence-electron chi connectivity index (χ1n) is 9.87. The molecule has 0 bridgehead atoms. The van der Waals surface area contributed by atoms with Crippen molar-refractivity contribution in [1.82, 2.24) is 0 Å². The summed E-state index contributed by atoms with van der Waals surface area (Å²) in [6.45, 7) is 2.35. The summed E-state index contributed by atoms with van der Waals surface area (Å²) in [7, 11) is 0. The maximum atomic E-state index is 13.1. The second-order valence-corrected chi connectivity index (χ2v) is 7.45. The summed E-state index contributed by atoms with van der Waals surface area (Å²) in [4.78, 5) is 14.1. The Bertz CT molecular complexity index is 887. The quantitative estimate of drug-likeness (QED) is 0.645. The molecule has 4 rings (SSSR count). The number of likely N-dealkylation sites (tertiary alicyclic amines) is 1. The van der Waals surface area contributed by atoms with E-state index in [9.17, 15) is 9.18 Å². The average Bonchev–Trinajstić information content (AvgIpc) is 2.86. The van der Waals surface area contributed by atoms with Crippen LogP contribution in [-0.4, -0.2) is 18.9 Å². The lowest BCUT2D eigenvalue weighted by Crippen LogP contribution is -3.10. The Morgan fingerprint density at radius 3 is 2.37 bits per heavy atom. The van der Waals surface area contributed by atoms with Gasteiger partial charge in [0.05, 0.1) is 13.1 Å². The number of hydrogen-bond acceptors (Lipinski definition) is 1. The molecule has 1 N–H and O–H groups in total. The third-order valence-electron chi connectivity index (χ3n) is 5.66. The predicted molar refractivity (Wildman–Crippen MR) is 106 cm³/mol. The molecule has 0 amide bonds. The van der Waals surface area contributed by atoms with Gasteiger partial charge in [-0.1, -0.05) is 24.3 Å². The summed E-state index contributed by atoms with van der Waals surface area (Å²) in [5.41, 5.74) is 5.72. The molecule has 0 unspecified atom stereocenters. The third kappa shape index (κ3) is 3.93. The van der Waals surface area contributed by atoms with E-state index in [1.807, 2.05) is 6.08 Å². The van der Waals surface area contributed by atoms with Crippen molar-refractivity contribution in [2.24, 2.45) is 0 Å². The SMILES string of the molecule is O=C(/C=C/C1=C([NH+]2CCCCCC2)Cc2ccccc21)c1ccc(F)cc1. The van der Waals surface area contributed by atoms with E-state index in [0.717, 1.165) is 6.42 Å². The first kappa shape index (κ1) is 17.9. The maximum absolute atomic E-state index is 13.1. The Kier molecular flexibility index (Phi) is 5.30. The second-order valence-electron chi connectivity index (χ2n) is 7.45. The zero-order valence-electron chi connectivity index (χ0n) is 15.5. The number of fused-ring (bicyclic) bond motifs is 1. The van der Waals surface area contributed by atoms with Gasteiger partial charge in [-0.15, -0.1) is 0 Å². The summed E-state index contributed by atoms with van der Waals surface area (Å²) in [6.07, 6.45) is 9.75. The van der Waals surface area contributed by atoms with E-state index < -0.39 is 0 Å². The number of ketones is 1. The Morgan fingerprint density at radius 1 is 0.926 bits per heavy atom. The highest BCUT2D eigenvalue weighted by Gasteiger charge is 2.28. The third-order valence-corrected chi connectivity index (χ3v) is 5.66. The fraction of sp³-hybridized carbons (Fsp3) is 0.292. The monoisotopic (exact) mass is 362 g/mol. The molecule has 2 aromatic carbocycles. The molecule has 2 aromatic rings. The highest BCUT2D eigenvalue weighted by atomic mass is 19.1. The van der Waals surface area contributed by atoms with Gasteiger partial charge in [0.1, 0.15) is 11.5 Å². The second kappa shape index (κ2) is 8.01. The number of benzene rings is 2. The molecule has 2 nitrogen and oxygen atoms in total. The molecule has 0 atom stereocenters. The van der Waals surface area contributed by atoms with E-state index in [2.05, 4.69) is 24.3 Å². The van der Waals surface area contributed by atoms with E-state index in [-0.39, 0.29) is 11.6 Å². The lowest BCUT2D eigenvalue weighted by atomic mass is 10.0. The maximum Gasteiger partial charge on any atom is 0.185 e. The molecule has 1 aliphatic heterocycles. The van der Waals surface area contributed by atoms with Crippen LogP contribution in [0, 0.1) is 5.82 Å². The number of quaternary nitrogens is 1. The fourth-order valence-electron chi connectivity index (χ4n) is 4.22. The van der Waals surface area contributed by atoms with Gasteiger partial charge in [0.2, 0.25) is 0 Å². The van der Waals surface area contributed by atoms with Crippen LogP contribution in [0.5, 0.6) is 0 Å². The smallest absolute Gasteiger partial charge is 0.185 e. The van der Waals surface area contributed by atoms with Crippen LogP contribution < -0.4 is 4.90 Å². The summed E-state index contributed by atoms with van der Waals surface area (Å²) in [5.74, 6) is -0.410. The molecule has 0 radical (unpaired) electrons. The van der Waals surface area contributed by atoms with E-state index in [1.54, 1.807) is 23.1 Å². The van der Waals surface area contributed by atoms with Crippen LogP contribution in [0.1, 0.15) is 47.2 Å². The number of carbonyl (C=O) groups excluding carboxylic acids is 1. The van der Waals surface area contributed by atoms with Crippen molar-refractivity contribution < 1.29 is 14.1 Å². The van der Waals surface area contributed by atoms with Crippen LogP contribution in [0.4, 0.5) is 4.39 Å². The van der Waals surface area contributed by atoms with Crippen molar-refractivity contribution in [2.75, 3.05) is 13.1 Å². The van der Waals surface area contributed by atoms with E-state index in [0.29, 0.717) is 5.56 Å². The number of halogens is 1. The van der Waals surface area contributed by atoms with Gasteiger partial charge >= 0.3 is 0 Å². The molecule has 138 valence electrons. The first-order valence-corrected chi connectivity index (χ1v) is 9.87. The van der Waals surface area contributed by atoms with E-state index in [4.69, 9.17) is 0 Å². The minimum absolute atomic E-state index is 0.0860. The van der Waals surface area contributed by atoms with Crippen molar-refractivity contribution in [3.63, 3.8) is 0 Å². The number of carbonyl (C=O) groups is 1. The topological polar surface area (TPSA) is 21.5 Å². The summed E-state index contributed by atoms with van der Waals surface area (Å²) >= 11 is 0. The summed E-state index contributed by atoms with van der Waals surface area (Å²) in [6, 6.07) is 14.2. The van der Waals surface area contributed by atoms with Gasteiger partial charge in [-0.25, -0.2) is 4.39 Å². The van der Waals surface area contributed by atoms with Crippen molar-refractivity contribution >= 4 is 11.4 Å². The minimum atomic E-state index is -0.324. The van der Waals surface area contributed by atoms with Gasteiger partial charge in [-0.05, 0) is 73.2 Å². The summed E-state index contributed by atoms with van der Waals surface area (Å²) in [5, 5.41) is 0. The van der Waals surface area contributed by atoms with Gasteiger partial charge in [-0.3, -0.25) is 4.79 Å². The van der Waals surface area contributed by atoms with Crippen molar-refractivity contribution in [2.45, 2.75) is 32.1 Å². The summed E-state index contributed by atoms with van der Waals surface area (Å²) < 4.78 is 13.1. The zero-order chi connectivity index (χ0) is 18.6. The minimum Gasteiger partial charge on any atom is -0.305 e. The number of hydrogen-bond donors (Lipinski definition) is 1. The largest absolute Gasteiger partial charge is 0.305 e. The molecule has 0 spiro atoms. The highest BCUT2D eigenvalue weighted by Crippen LogP contribution is 2.31. The van der Waals surface area contributed by atoms with Crippen LogP contribution >= 0.6 is 0 Å². The van der Waals surface area contributed by atoms with E-state index in [1.165, 1.54) is 73.3 Å². The molecular weight excluding hydrogens is 337 g/mol. The first-order chi connectivity index (χ1) is 13.2. The van der Waals surface area contributed by atoms with E-state index >= 15 is 0 Å². The molecule has 1 fully saturated rings. The van der Waals surface area contributed by atoms with Crippen molar-refractivity contribution in [3.05, 3.63) is 88.9 Å². The zero-order valence-corrected chi connectivity index (χ0v) is 15.5. The Balaban J connectivity index is 1.65. The van der Waals surface area contributed by atoms with Gasteiger partial charge in [0.15, 0.2) is 5.78 Å². The molecule has 27 heavy (non-hydrogen) atoms. The number of allylic oxidation sites excluding steroid dienone is 4. The molecule has 0 saturated carbocycles. The normalized spacial score (nSPS) is 18.0. The van der Waals surface area contributed by atoms with Crippen LogP contribution in [0.15, 0.2) is 66.4 Å². The highest BCUT2D eigenvalue weighted by molar-refractivity contribution is 6.06. The van der Waals surface area contributed by atoms with Gasteiger partial charge in [0.25, 0.3) is 0 Å². The molecule has 1 saturated heterocycles. The lowest BCUT2D eigenvalue weighted by molar-refractivity contribution is -0.860. The van der Waals surface area contributed by atoms with Gasteiger partial charge in [0, 0.05) is 17.6 Å².